The zero-order valence-electron chi connectivity index (χ0n) is 41.0. The lowest BCUT2D eigenvalue weighted by molar-refractivity contribution is 0.483. The third-order valence-corrected chi connectivity index (χ3v) is 15.0. The third kappa shape index (κ3) is 6.58. The Kier molecular flexibility index (Phi) is 9.63. The number of para-hydroxylation sites is 11. The monoisotopic (exact) mass is 946 g/mol. The fraction of sp³-hybridized carbons (Fsp3) is 0.0781. The first kappa shape index (κ1) is 42.4. The Bertz CT molecular complexity index is 3800. The van der Waals surface area contributed by atoms with Crippen LogP contribution in [0.1, 0.15) is 5.56 Å². The molecule has 0 atom stereocenters. The maximum absolute atomic E-state index is 6.75. The Morgan fingerprint density at radius 3 is 1.48 bits per heavy atom. The number of ether oxygens (including phenoxy) is 1. The normalized spacial score (nSPS) is 13.5. The summed E-state index contributed by atoms with van der Waals surface area (Å²) in [6.45, 7) is 2.99. The molecule has 73 heavy (non-hydrogen) atoms. The van der Waals surface area contributed by atoms with Crippen molar-refractivity contribution < 1.29 is 4.74 Å². The SMILES string of the molecule is Cc1cc(-n2c3ccccc3c3ccc(Oc4cccc(N5CN(C)c6ccccc65)c4)cc32)ncc1-c1c(N2c3ccccc3N(C)c3ccccc32)cccc1N1c2ccccc2N(C)c2ccccc21. The molecule has 0 unspecified atom stereocenters. The molecule has 3 aliphatic rings. The Balaban J connectivity index is 0.935. The molecule has 0 fully saturated rings. The number of nitrogens with zero attached hydrogens (tertiary/aromatic N) is 8. The number of anilines is 13. The largest absolute Gasteiger partial charge is 0.457 e. The first-order chi connectivity index (χ1) is 35.9. The molecule has 0 aliphatic carbocycles. The van der Waals surface area contributed by atoms with Crippen molar-refractivity contribution >= 4 is 95.7 Å². The molecule has 0 spiro atoms. The molecule has 9 nitrogen and oxygen atoms in total. The maximum Gasteiger partial charge on any atom is 0.137 e. The average Bonchev–Trinajstić information content (AvgIpc) is 3.95. The van der Waals surface area contributed by atoms with Gasteiger partial charge < -0.3 is 34.1 Å². The van der Waals surface area contributed by atoms with Crippen LogP contribution in [0.3, 0.4) is 0 Å². The second-order valence-electron chi connectivity index (χ2n) is 19.2. The van der Waals surface area contributed by atoms with Crippen LogP contribution in [0.4, 0.5) is 73.9 Å². The molecular formula is C64H50N8O. The van der Waals surface area contributed by atoms with E-state index in [2.05, 4.69) is 274 Å². The number of hydrogen-bond acceptors (Lipinski definition) is 8. The van der Waals surface area contributed by atoms with Gasteiger partial charge in [0, 0.05) is 67.1 Å². The number of hydrogen-bond donors (Lipinski definition) is 0. The van der Waals surface area contributed by atoms with Crippen molar-refractivity contribution in [3.63, 3.8) is 0 Å². The van der Waals surface area contributed by atoms with Gasteiger partial charge in [-0.3, -0.25) is 4.57 Å². The molecule has 0 radical (unpaired) electrons. The minimum Gasteiger partial charge on any atom is -0.457 e. The predicted octanol–water partition coefficient (Wildman–Crippen LogP) is 16.6. The quantitative estimate of drug-likeness (QED) is 0.157. The molecule has 2 aromatic heterocycles. The Hall–Kier alpha value is -9.47. The summed E-state index contributed by atoms with van der Waals surface area (Å²) in [4.78, 5) is 19.6. The molecular weight excluding hydrogens is 897 g/mol. The predicted molar refractivity (Wildman–Crippen MR) is 303 cm³/mol. The molecule has 0 N–H and O–H groups in total. The number of benzene rings is 9. The summed E-state index contributed by atoms with van der Waals surface area (Å²) in [5, 5.41) is 2.28. The molecule has 14 rings (SSSR count). The van der Waals surface area contributed by atoms with Crippen LogP contribution in [0.25, 0.3) is 38.8 Å². The van der Waals surface area contributed by atoms with Gasteiger partial charge in [-0.2, -0.15) is 0 Å². The zero-order chi connectivity index (χ0) is 48.9. The van der Waals surface area contributed by atoms with Crippen LogP contribution in [0.15, 0.2) is 219 Å². The molecule has 3 aliphatic heterocycles. The molecule has 5 heterocycles. The highest BCUT2D eigenvalue weighted by molar-refractivity contribution is 6.10. The fourth-order valence-electron chi connectivity index (χ4n) is 11.6. The maximum atomic E-state index is 6.75. The van der Waals surface area contributed by atoms with Gasteiger partial charge in [-0.25, -0.2) is 4.98 Å². The molecule has 352 valence electrons. The van der Waals surface area contributed by atoms with Gasteiger partial charge in [0.25, 0.3) is 0 Å². The Labute approximate surface area is 424 Å². The highest BCUT2D eigenvalue weighted by Gasteiger charge is 2.34. The number of aromatic nitrogens is 2. The highest BCUT2D eigenvalue weighted by Crippen LogP contribution is 2.58. The molecule has 11 aromatic rings. The first-order valence-electron chi connectivity index (χ1n) is 24.8. The van der Waals surface area contributed by atoms with Crippen molar-refractivity contribution in [1.29, 1.82) is 0 Å². The van der Waals surface area contributed by atoms with Crippen LogP contribution < -0.4 is 34.1 Å². The van der Waals surface area contributed by atoms with E-state index in [-0.39, 0.29) is 0 Å². The van der Waals surface area contributed by atoms with Crippen LogP contribution in [-0.2, 0) is 0 Å². The number of pyridine rings is 1. The molecule has 0 saturated carbocycles. The summed E-state index contributed by atoms with van der Waals surface area (Å²) in [6, 6.07) is 75.7. The summed E-state index contributed by atoms with van der Waals surface area (Å²) in [5.74, 6) is 2.35. The Morgan fingerprint density at radius 2 is 0.890 bits per heavy atom. The van der Waals surface area contributed by atoms with Crippen molar-refractivity contribution in [2.45, 2.75) is 6.92 Å². The highest BCUT2D eigenvalue weighted by atomic mass is 16.5. The van der Waals surface area contributed by atoms with E-state index in [9.17, 15) is 0 Å². The van der Waals surface area contributed by atoms with Crippen molar-refractivity contribution in [2.24, 2.45) is 0 Å². The summed E-state index contributed by atoms with van der Waals surface area (Å²) in [7, 11) is 6.45. The van der Waals surface area contributed by atoms with Crippen LogP contribution >= 0.6 is 0 Å². The lowest BCUT2D eigenvalue weighted by Crippen LogP contribution is -2.26. The van der Waals surface area contributed by atoms with Crippen LogP contribution in [0.2, 0.25) is 0 Å². The van der Waals surface area contributed by atoms with Crippen molar-refractivity contribution in [2.75, 3.05) is 57.2 Å². The summed E-state index contributed by atoms with van der Waals surface area (Å²) < 4.78 is 9.04. The van der Waals surface area contributed by atoms with E-state index in [1.807, 2.05) is 6.07 Å². The third-order valence-electron chi connectivity index (χ3n) is 15.0. The van der Waals surface area contributed by atoms with Crippen molar-refractivity contribution in [1.82, 2.24) is 9.55 Å². The van der Waals surface area contributed by atoms with Gasteiger partial charge in [-0.1, -0.05) is 91.0 Å². The van der Waals surface area contributed by atoms with Gasteiger partial charge in [0.05, 0.1) is 86.0 Å². The molecule has 9 heteroatoms. The van der Waals surface area contributed by atoms with Crippen LogP contribution in [-0.4, -0.2) is 37.4 Å². The van der Waals surface area contributed by atoms with Crippen LogP contribution in [0.5, 0.6) is 11.5 Å². The average molecular weight is 947 g/mol. The summed E-state index contributed by atoms with van der Waals surface area (Å²) in [5.41, 5.74) is 19.8. The number of rotatable bonds is 7. The standard InChI is InChI=1S/C64H50N8O/c1-42-37-63(72-49-22-6-5-21-46(49)47-36-35-45(39-62(47)72)73-44-20-17-19-43(38-44)69-41-66(2)50-23-7-12-28-55(50)69)65-40-48(42)64-60(70-56-29-13-8-24-51(56)67(3)52-25-9-14-30-57(52)70)33-18-34-61(64)71-58-31-15-10-26-53(58)68(4)54-27-11-16-32-59(54)71/h5-40H,41H2,1-4H3. The van der Waals surface area contributed by atoms with Crippen molar-refractivity contribution in [3.05, 3.63) is 224 Å². The molecule has 0 bridgehead atoms. The summed E-state index contributed by atoms with van der Waals surface area (Å²) in [6.07, 6.45) is 2.09. The van der Waals surface area contributed by atoms with Gasteiger partial charge in [0.1, 0.15) is 17.3 Å². The van der Waals surface area contributed by atoms with Crippen molar-refractivity contribution in [3.8, 4) is 28.4 Å². The van der Waals surface area contributed by atoms with E-state index < -0.39 is 0 Å². The minimum atomic E-state index is 0.750. The minimum absolute atomic E-state index is 0.750. The summed E-state index contributed by atoms with van der Waals surface area (Å²) >= 11 is 0. The van der Waals surface area contributed by atoms with E-state index in [0.29, 0.717) is 0 Å². The van der Waals surface area contributed by atoms with Gasteiger partial charge in [0.2, 0.25) is 0 Å². The molecule has 9 aromatic carbocycles. The van der Waals surface area contributed by atoms with E-state index in [1.165, 1.54) is 11.4 Å². The van der Waals surface area contributed by atoms with Gasteiger partial charge in [-0.05, 0) is 122 Å². The fourth-order valence-corrected chi connectivity index (χ4v) is 11.6. The smallest absolute Gasteiger partial charge is 0.137 e. The van der Waals surface area contributed by atoms with E-state index in [1.54, 1.807) is 0 Å². The second-order valence-corrected chi connectivity index (χ2v) is 19.2. The van der Waals surface area contributed by atoms with Crippen LogP contribution in [0, 0.1) is 6.92 Å². The first-order valence-corrected chi connectivity index (χ1v) is 24.8. The van der Waals surface area contributed by atoms with Gasteiger partial charge in [-0.15, -0.1) is 0 Å². The topological polar surface area (TPSA) is 46.5 Å². The molecule has 0 saturated heterocycles. The number of fused-ring (bicyclic) bond motifs is 8. The van der Waals surface area contributed by atoms with E-state index in [0.717, 1.165) is 125 Å². The van der Waals surface area contributed by atoms with Gasteiger partial charge in [0.15, 0.2) is 0 Å². The van der Waals surface area contributed by atoms with Gasteiger partial charge >= 0.3 is 0 Å². The second kappa shape index (κ2) is 16.6. The Morgan fingerprint density at radius 1 is 0.411 bits per heavy atom. The van der Waals surface area contributed by atoms with E-state index >= 15 is 0 Å². The molecule has 0 amide bonds. The zero-order valence-corrected chi connectivity index (χ0v) is 41.0. The number of aryl methyl sites for hydroxylation is 1. The lowest BCUT2D eigenvalue weighted by Gasteiger charge is -2.42. The lowest BCUT2D eigenvalue weighted by atomic mass is 9.94. The van der Waals surface area contributed by atoms with E-state index in [4.69, 9.17) is 9.72 Å².